The van der Waals surface area contributed by atoms with Crippen molar-refractivity contribution in [3.63, 3.8) is 0 Å². The van der Waals surface area contributed by atoms with E-state index in [4.69, 9.17) is 4.74 Å². The number of ether oxygens (including phenoxy) is 1. The number of anilines is 1. The Morgan fingerprint density at radius 3 is 2.42 bits per heavy atom. The minimum absolute atomic E-state index is 0.0293. The summed E-state index contributed by atoms with van der Waals surface area (Å²) in [5, 5.41) is 3.05. The first-order chi connectivity index (χ1) is 11.6. The summed E-state index contributed by atoms with van der Waals surface area (Å²) >= 11 is 0. The highest BCUT2D eigenvalue weighted by atomic mass is 16.5. The third-order valence-corrected chi connectivity index (χ3v) is 4.49. The van der Waals surface area contributed by atoms with Crippen molar-refractivity contribution in [1.29, 1.82) is 0 Å². The van der Waals surface area contributed by atoms with Crippen molar-refractivity contribution in [3.05, 3.63) is 59.2 Å². The van der Waals surface area contributed by atoms with Crippen LogP contribution >= 0.6 is 0 Å². The first-order valence-electron chi connectivity index (χ1n) is 8.36. The van der Waals surface area contributed by atoms with Crippen molar-refractivity contribution in [1.82, 2.24) is 4.90 Å². The number of methoxy groups -OCH3 is 1. The zero-order valence-corrected chi connectivity index (χ0v) is 14.5. The summed E-state index contributed by atoms with van der Waals surface area (Å²) in [7, 11) is 1.66. The topological polar surface area (TPSA) is 41.6 Å². The highest BCUT2D eigenvalue weighted by Gasteiger charge is 2.30. The molecule has 0 radical (unpaired) electrons. The summed E-state index contributed by atoms with van der Waals surface area (Å²) in [6.45, 7) is 4.87. The van der Waals surface area contributed by atoms with Crippen molar-refractivity contribution >= 4 is 11.7 Å². The Morgan fingerprint density at radius 2 is 1.79 bits per heavy atom. The number of aryl methyl sites for hydroxylation is 2. The highest BCUT2D eigenvalue weighted by Crippen LogP contribution is 2.33. The molecule has 2 aromatic rings. The van der Waals surface area contributed by atoms with Gasteiger partial charge in [0.05, 0.1) is 13.2 Å². The zero-order chi connectivity index (χ0) is 17.1. The lowest BCUT2D eigenvalue weighted by atomic mass is 10.0. The van der Waals surface area contributed by atoms with Gasteiger partial charge >= 0.3 is 6.03 Å². The van der Waals surface area contributed by atoms with E-state index < -0.39 is 0 Å². The number of carbonyl (C=O) groups excluding carboxylic acids is 1. The monoisotopic (exact) mass is 324 g/mol. The molecular weight excluding hydrogens is 300 g/mol. The maximum absolute atomic E-state index is 12.7. The number of hydrogen-bond donors (Lipinski definition) is 1. The molecule has 126 valence electrons. The Labute approximate surface area is 143 Å². The average Bonchev–Trinajstić information content (AvgIpc) is 3.03. The van der Waals surface area contributed by atoms with Gasteiger partial charge in [0.1, 0.15) is 5.75 Å². The second-order valence-electron chi connectivity index (χ2n) is 6.43. The summed E-state index contributed by atoms with van der Waals surface area (Å²) in [4.78, 5) is 14.7. The van der Waals surface area contributed by atoms with Crippen LogP contribution in [0.5, 0.6) is 5.75 Å². The summed E-state index contributed by atoms with van der Waals surface area (Å²) in [6.07, 6.45) is 2.02. The van der Waals surface area contributed by atoms with Crippen molar-refractivity contribution in [2.75, 3.05) is 19.0 Å². The molecule has 4 heteroatoms. The van der Waals surface area contributed by atoms with E-state index in [0.29, 0.717) is 0 Å². The van der Waals surface area contributed by atoms with Crippen LogP contribution in [0.1, 0.15) is 35.6 Å². The molecule has 1 heterocycles. The number of carbonyl (C=O) groups is 1. The summed E-state index contributed by atoms with van der Waals surface area (Å²) in [5.41, 5.74) is 4.32. The Balaban J connectivity index is 1.75. The van der Waals surface area contributed by atoms with Gasteiger partial charge in [-0.15, -0.1) is 0 Å². The van der Waals surface area contributed by atoms with Crippen molar-refractivity contribution < 1.29 is 9.53 Å². The minimum Gasteiger partial charge on any atom is -0.497 e. The predicted octanol–water partition coefficient (Wildman–Crippen LogP) is 4.68. The minimum atomic E-state index is -0.0293. The normalized spacial score (nSPS) is 17.0. The van der Waals surface area contributed by atoms with E-state index in [9.17, 15) is 4.79 Å². The lowest BCUT2D eigenvalue weighted by Crippen LogP contribution is -2.34. The molecule has 1 atom stereocenters. The second kappa shape index (κ2) is 6.95. The Kier molecular flexibility index (Phi) is 4.74. The van der Waals surface area contributed by atoms with Gasteiger partial charge in [0.25, 0.3) is 0 Å². The molecule has 2 amide bonds. The summed E-state index contributed by atoms with van der Waals surface area (Å²) < 4.78 is 5.21. The lowest BCUT2D eigenvalue weighted by molar-refractivity contribution is 0.207. The van der Waals surface area contributed by atoms with E-state index in [0.717, 1.165) is 47.5 Å². The van der Waals surface area contributed by atoms with E-state index in [-0.39, 0.29) is 12.1 Å². The first kappa shape index (κ1) is 16.4. The van der Waals surface area contributed by atoms with Gasteiger partial charge < -0.3 is 15.0 Å². The fraction of sp³-hybridized carbons (Fsp3) is 0.350. The largest absolute Gasteiger partial charge is 0.497 e. The second-order valence-corrected chi connectivity index (χ2v) is 6.43. The molecule has 4 nitrogen and oxygen atoms in total. The van der Waals surface area contributed by atoms with Gasteiger partial charge in [-0.3, -0.25) is 0 Å². The number of nitrogens with zero attached hydrogens (tertiary/aromatic N) is 1. The number of nitrogens with one attached hydrogen (secondary N) is 1. The highest BCUT2D eigenvalue weighted by molar-refractivity contribution is 5.90. The van der Waals surface area contributed by atoms with Gasteiger partial charge in [-0.1, -0.05) is 18.2 Å². The maximum Gasteiger partial charge on any atom is 0.322 e. The van der Waals surface area contributed by atoms with Gasteiger partial charge in [-0.05, 0) is 67.6 Å². The molecule has 0 bridgehead atoms. The van der Waals surface area contributed by atoms with Crippen LogP contribution in [0.2, 0.25) is 0 Å². The van der Waals surface area contributed by atoms with Gasteiger partial charge in [0.2, 0.25) is 0 Å². The lowest BCUT2D eigenvalue weighted by Gasteiger charge is -2.25. The van der Waals surface area contributed by atoms with Crippen LogP contribution in [-0.4, -0.2) is 24.6 Å². The van der Waals surface area contributed by atoms with Crippen LogP contribution in [0.4, 0.5) is 10.5 Å². The fourth-order valence-electron chi connectivity index (χ4n) is 3.42. The van der Waals surface area contributed by atoms with Crippen LogP contribution < -0.4 is 10.1 Å². The molecule has 0 saturated carbocycles. The standard InChI is InChI=1S/C20H24N2O2/c1-14-11-15(2)13-17(12-14)21-20(23)22-10-4-5-19(22)16-6-8-18(24-3)9-7-16/h6-9,11-13,19H,4-5,10H2,1-3H3,(H,21,23)/t19-/m1/s1. The molecule has 1 N–H and O–H groups in total. The average molecular weight is 324 g/mol. The third kappa shape index (κ3) is 3.53. The Morgan fingerprint density at radius 1 is 1.12 bits per heavy atom. The van der Waals surface area contributed by atoms with Gasteiger partial charge in [-0.25, -0.2) is 4.79 Å². The molecule has 24 heavy (non-hydrogen) atoms. The molecular formula is C20H24N2O2. The van der Waals surface area contributed by atoms with Crippen molar-refractivity contribution in [2.45, 2.75) is 32.7 Å². The smallest absolute Gasteiger partial charge is 0.322 e. The Hall–Kier alpha value is -2.49. The number of hydrogen-bond acceptors (Lipinski definition) is 2. The van der Waals surface area contributed by atoms with Crippen LogP contribution in [0, 0.1) is 13.8 Å². The number of urea groups is 1. The summed E-state index contributed by atoms with van der Waals surface area (Å²) in [6, 6.07) is 14.2. The molecule has 1 aliphatic rings. The Bertz CT molecular complexity index is 705. The van der Waals surface area contributed by atoms with Gasteiger partial charge in [0.15, 0.2) is 0 Å². The van der Waals surface area contributed by atoms with Crippen LogP contribution in [-0.2, 0) is 0 Å². The molecule has 2 aromatic carbocycles. The maximum atomic E-state index is 12.7. The van der Waals surface area contributed by atoms with Crippen molar-refractivity contribution in [2.24, 2.45) is 0 Å². The van der Waals surface area contributed by atoms with Crippen molar-refractivity contribution in [3.8, 4) is 5.75 Å². The molecule has 1 aliphatic heterocycles. The molecule has 1 saturated heterocycles. The van der Waals surface area contributed by atoms with Crippen LogP contribution in [0.25, 0.3) is 0 Å². The SMILES string of the molecule is COc1ccc([C@H]2CCCN2C(=O)Nc2cc(C)cc(C)c2)cc1. The summed E-state index contributed by atoms with van der Waals surface area (Å²) in [5.74, 6) is 0.836. The van der Waals surface area contributed by atoms with E-state index in [1.54, 1.807) is 7.11 Å². The number of rotatable bonds is 3. The number of amides is 2. The van der Waals surface area contributed by atoms with Crippen LogP contribution in [0.3, 0.4) is 0 Å². The van der Waals surface area contributed by atoms with E-state index >= 15 is 0 Å². The predicted molar refractivity (Wildman–Crippen MR) is 96.6 cm³/mol. The van der Waals surface area contributed by atoms with E-state index in [1.807, 2.05) is 55.1 Å². The molecule has 3 rings (SSSR count). The number of likely N-dealkylation sites (tertiary alicyclic amines) is 1. The van der Waals surface area contributed by atoms with E-state index in [1.165, 1.54) is 0 Å². The quantitative estimate of drug-likeness (QED) is 0.890. The van der Waals surface area contributed by atoms with Crippen LogP contribution in [0.15, 0.2) is 42.5 Å². The molecule has 0 aromatic heterocycles. The fourth-order valence-corrected chi connectivity index (χ4v) is 3.42. The molecule has 0 spiro atoms. The molecule has 0 unspecified atom stereocenters. The zero-order valence-electron chi connectivity index (χ0n) is 14.5. The van der Waals surface area contributed by atoms with Gasteiger partial charge in [-0.2, -0.15) is 0 Å². The molecule has 1 fully saturated rings. The van der Waals surface area contributed by atoms with Gasteiger partial charge in [0, 0.05) is 12.2 Å². The van der Waals surface area contributed by atoms with E-state index in [2.05, 4.69) is 11.4 Å². The molecule has 0 aliphatic carbocycles. The first-order valence-corrected chi connectivity index (χ1v) is 8.36. The number of benzene rings is 2. The third-order valence-electron chi connectivity index (χ3n) is 4.49.